The molecule has 0 aromatic heterocycles. The highest BCUT2D eigenvalue weighted by atomic mass is 32.1. The zero-order valence-corrected chi connectivity index (χ0v) is 7.02. The Hall–Kier alpha value is -0.240. The van der Waals surface area contributed by atoms with Crippen molar-refractivity contribution in [3.63, 3.8) is 0 Å². The highest BCUT2D eigenvalue weighted by Crippen LogP contribution is 2.13. The second-order valence-electron chi connectivity index (χ2n) is 2.85. The average Bonchev–Trinajstić information content (AvgIpc) is 2.31. The van der Waals surface area contributed by atoms with Crippen LogP contribution in [0.5, 0.6) is 0 Å². The van der Waals surface area contributed by atoms with Crippen molar-refractivity contribution in [2.75, 3.05) is 26.7 Å². The van der Waals surface area contributed by atoms with Crippen LogP contribution in [0.1, 0.15) is 6.42 Å². The Morgan fingerprint density at radius 3 is 3.10 bits per heavy atom. The maximum absolute atomic E-state index is 4.49. The minimum absolute atomic E-state index is 0.723. The molecule has 0 amide bonds. The van der Waals surface area contributed by atoms with Gasteiger partial charge in [-0.25, -0.2) is 4.99 Å². The summed E-state index contributed by atoms with van der Waals surface area (Å²) in [6, 6.07) is 0. The van der Waals surface area contributed by atoms with Gasteiger partial charge in [0, 0.05) is 6.54 Å². The Bertz CT molecular complexity index is 152. The molecular formula is C7H12N2S. The third-order valence-electron chi connectivity index (χ3n) is 1.90. The maximum Gasteiger partial charge on any atom is 0.0585 e. The minimum Gasteiger partial charge on any atom is -0.306 e. The van der Waals surface area contributed by atoms with Crippen LogP contribution in [0.15, 0.2) is 4.99 Å². The minimum atomic E-state index is 0.723. The highest BCUT2D eigenvalue weighted by Gasteiger charge is 2.18. The Labute approximate surface area is 66.9 Å². The first kappa shape index (κ1) is 7.86. The van der Waals surface area contributed by atoms with E-state index in [1.165, 1.54) is 19.5 Å². The summed E-state index contributed by atoms with van der Waals surface area (Å²) in [5, 5.41) is 2.40. The van der Waals surface area contributed by atoms with Crippen LogP contribution < -0.4 is 0 Å². The fraction of sp³-hybridized carbons (Fsp3) is 0.857. The van der Waals surface area contributed by atoms with Gasteiger partial charge in [-0.05, 0) is 38.1 Å². The van der Waals surface area contributed by atoms with Crippen LogP contribution in [0.4, 0.5) is 0 Å². The van der Waals surface area contributed by atoms with Gasteiger partial charge in [0.05, 0.1) is 11.7 Å². The molecule has 0 N–H and O–H groups in total. The Balaban J connectivity index is 2.24. The van der Waals surface area contributed by atoms with E-state index in [-0.39, 0.29) is 0 Å². The van der Waals surface area contributed by atoms with Crippen LogP contribution in [0.3, 0.4) is 0 Å². The lowest BCUT2D eigenvalue weighted by atomic mass is 10.1. The van der Waals surface area contributed by atoms with Crippen LogP contribution in [-0.4, -0.2) is 36.7 Å². The lowest BCUT2D eigenvalue weighted by Crippen LogP contribution is -2.14. The van der Waals surface area contributed by atoms with E-state index in [9.17, 15) is 0 Å². The molecule has 1 aliphatic heterocycles. The van der Waals surface area contributed by atoms with Crippen molar-refractivity contribution in [3.8, 4) is 0 Å². The summed E-state index contributed by atoms with van der Waals surface area (Å²) in [7, 11) is 2.14. The van der Waals surface area contributed by atoms with Crippen LogP contribution in [0, 0.1) is 5.92 Å². The van der Waals surface area contributed by atoms with Crippen LogP contribution in [0.25, 0.3) is 0 Å². The summed E-state index contributed by atoms with van der Waals surface area (Å²) in [5.74, 6) is 0.723. The molecule has 0 spiro atoms. The molecule has 0 aliphatic carbocycles. The molecule has 0 radical (unpaired) electrons. The molecule has 1 atom stereocenters. The summed E-state index contributed by atoms with van der Waals surface area (Å²) < 4.78 is 0. The first-order valence-corrected chi connectivity index (χ1v) is 3.96. The maximum atomic E-state index is 4.49. The summed E-state index contributed by atoms with van der Waals surface area (Å²) >= 11 is 4.49. The first-order valence-electron chi connectivity index (χ1n) is 3.55. The predicted octanol–water partition coefficient (Wildman–Crippen LogP) is 1.04. The number of aliphatic imine (C=N–C) groups is 1. The van der Waals surface area contributed by atoms with Gasteiger partial charge in [0.2, 0.25) is 0 Å². The quantitative estimate of drug-likeness (QED) is 0.438. The van der Waals surface area contributed by atoms with Gasteiger partial charge in [0.25, 0.3) is 0 Å². The van der Waals surface area contributed by atoms with Gasteiger partial charge in [0.1, 0.15) is 0 Å². The molecule has 0 saturated carbocycles. The van der Waals surface area contributed by atoms with Crippen LogP contribution in [0.2, 0.25) is 0 Å². The molecule has 1 fully saturated rings. The molecule has 1 heterocycles. The van der Waals surface area contributed by atoms with Crippen LogP contribution in [-0.2, 0) is 0 Å². The third kappa shape index (κ3) is 2.18. The van der Waals surface area contributed by atoms with Gasteiger partial charge >= 0.3 is 0 Å². The lowest BCUT2D eigenvalue weighted by Gasteiger charge is -2.05. The summed E-state index contributed by atoms with van der Waals surface area (Å²) in [6.45, 7) is 3.24. The van der Waals surface area contributed by atoms with Crippen molar-refractivity contribution in [1.82, 2.24) is 4.90 Å². The standard InChI is InChI=1S/C7H12N2S/c1-9-3-2-7(5-9)4-8-6-10/h7H,2-5H2,1H3/t7-/m0/s1. The van der Waals surface area contributed by atoms with Crippen molar-refractivity contribution in [2.45, 2.75) is 6.42 Å². The Morgan fingerprint density at radius 1 is 1.80 bits per heavy atom. The number of isothiocyanates is 1. The van der Waals surface area contributed by atoms with E-state index in [1.54, 1.807) is 0 Å². The second kappa shape index (κ2) is 3.81. The summed E-state index contributed by atoms with van der Waals surface area (Å²) in [4.78, 5) is 6.25. The highest BCUT2D eigenvalue weighted by molar-refractivity contribution is 7.78. The molecule has 3 heteroatoms. The molecule has 10 heavy (non-hydrogen) atoms. The normalized spacial score (nSPS) is 26.3. The molecule has 1 saturated heterocycles. The molecule has 2 nitrogen and oxygen atoms in total. The predicted molar refractivity (Wildman–Crippen MR) is 45.5 cm³/mol. The Kier molecular flexibility index (Phi) is 3.00. The molecular weight excluding hydrogens is 144 g/mol. The van der Waals surface area contributed by atoms with Crippen molar-refractivity contribution in [3.05, 3.63) is 0 Å². The topological polar surface area (TPSA) is 15.6 Å². The van der Waals surface area contributed by atoms with Crippen molar-refractivity contribution >= 4 is 17.4 Å². The van der Waals surface area contributed by atoms with E-state index < -0.39 is 0 Å². The summed E-state index contributed by atoms with van der Waals surface area (Å²) in [5.41, 5.74) is 0. The Morgan fingerprint density at radius 2 is 2.60 bits per heavy atom. The third-order valence-corrected chi connectivity index (χ3v) is 2.03. The molecule has 0 aromatic rings. The number of hydrogen-bond donors (Lipinski definition) is 0. The molecule has 1 rings (SSSR count). The van der Waals surface area contributed by atoms with Crippen molar-refractivity contribution < 1.29 is 0 Å². The zero-order valence-electron chi connectivity index (χ0n) is 6.21. The summed E-state index contributed by atoms with van der Waals surface area (Å²) in [6.07, 6.45) is 1.26. The van der Waals surface area contributed by atoms with Gasteiger partial charge in [0.15, 0.2) is 0 Å². The fourth-order valence-electron chi connectivity index (χ4n) is 1.34. The molecule has 0 aromatic carbocycles. The van der Waals surface area contributed by atoms with Gasteiger partial charge < -0.3 is 4.90 Å². The van der Waals surface area contributed by atoms with Crippen molar-refractivity contribution in [1.29, 1.82) is 0 Å². The monoisotopic (exact) mass is 156 g/mol. The van der Waals surface area contributed by atoms with Crippen molar-refractivity contribution in [2.24, 2.45) is 10.9 Å². The molecule has 0 unspecified atom stereocenters. The van der Waals surface area contributed by atoms with E-state index in [2.05, 4.69) is 34.3 Å². The largest absolute Gasteiger partial charge is 0.306 e. The first-order chi connectivity index (χ1) is 4.83. The SMILES string of the molecule is CN1CC[C@@H](CN=C=S)C1. The van der Waals surface area contributed by atoms with Gasteiger partial charge in [-0.1, -0.05) is 0 Å². The average molecular weight is 156 g/mol. The molecule has 0 bridgehead atoms. The van der Waals surface area contributed by atoms with E-state index in [1.807, 2.05) is 0 Å². The van der Waals surface area contributed by atoms with Gasteiger partial charge in [-0.3, -0.25) is 0 Å². The molecule has 56 valence electrons. The second-order valence-corrected chi connectivity index (χ2v) is 3.03. The smallest absolute Gasteiger partial charge is 0.0585 e. The number of hydrogen-bond acceptors (Lipinski definition) is 3. The molecule has 1 aliphatic rings. The lowest BCUT2D eigenvalue weighted by molar-refractivity contribution is 0.397. The van der Waals surface area contributed by atoms with E-state index in [4.69, 9.17) is 0 Å². The number of nitrogens with zero attached hydrogens (tertiary/aromatic N) is 2. The van der Waals surface area contributed by atoms with Gasteiger partial charge in [-0.2, -0.15) is 0 Å². The van der Waals surface area contributed by atoms with E-state index >= 15 is 0 Å². The van der Waals surface area contributed by atoms with Gasteiger partial charge in [-0.15, -0.1) is 0 Å². The van der Waals surface area contributed by atoms with Crippen LogP contribution >= 0.6 is 12.2 Å². The van der Waals surface area contributed by atoms with E-state index in [0.29, 0.717) is 0 Å². The number of rotatable bonds is 2. The fourth-order valence-corrected chi connectivity index (χ4v) is 1.42. The zero-order chi connectivity index (χ0) is 7.40. The number of thiocarbonyl (C=S) groups is 1. The van der Waals surface area contributed by atoms with E-state index in [0.717, 1.165) is 12.5 Å². The number of likely N-dealkylation sites (tertiary alicyclic amines) is 1.